The third-order valence-corrected chi connectivity index (χ3v) is 12.4. The van der Waals surface area contributed by atoms with E-state index in [9.17, 15) is 50.0 Å². The Hall–Kier alpha value is -1.48. The van der Waals surface area contributed by atoms with E-state index in [-0.39, 0.29) is 6.42 Å². The van der Waals surface area contributed by atoms with Crippen molar-refractivity contribution >= 4 is 13.7 Å². The van der Waals surface area contributed by atoms with E-state index in [1.54, 1.807) is 6.08 Å². The fourth-order valence-corrected chi connectivity index (χ4v) is 8.47. The van der Waals surface area contributed by atoms with Crippen LogP contribution in [0, 0.1) is 0 Å². The normalized spacial score (nSPS) is 23.5. The van der Waals surface area contributed by atoms with Crippen LogP contribution in [0.5, 0.6) is 0 Å². The topological polar surface area (TPSA) is 226 Å². The second-order valence-electron chi connectivity index (χ2n) is 17.1. The number of allylic oxidation sites excluding steroid dienone is 5. The summed E-state index contributed by atoms with van der Waals surface area (Å²) in [5.74, 6) is -0.606. The summed E-state index contributed by atoms with van der Waals surface area (Å²) in [7, 11) is -5.15. The SMILES string of the molecule is CCCCCCCCC/C=C/CC/C=C/CC/C=C/C(O)C(COP(=O)(O)OC1C(O)C(O)C(O)C(O)C1O)NC(=O)CC(O)CCCCCCCCCCCCCCCC. The van der Waals surface area contributed by atoms with Crippen molar-refractivity contribution in [1.82, 2.24) is 5.32 Å². The number of nitrogens with one attached hydrogen (secondary N) is 1. The van der Waals surface area contributed by atoms with Gasteiger partial charge in [-0.1, -0.05) is 179 Å². The Morgan fingerprint density at radius 1 is 0.574 bits per heavy atom. The third-order valence-electron chi connectivity index (χ3n) is 11.5. The highest BCUT2D eigenvalue weighted by molar-refractivity contribution is 7.47. The third kappa shape index (κ3) is 28.8. The van der Waals surface area contributed by atoms with Crippen molar-refractivity contribution in [3.05, 3.63) is 36.5 Å². The first-order valence-electron chi connectivity index (χ1n) is 24.0. The number of rotatable bonds is 39. The van der Waals surface area contributed by atoms with Crippen LogP contribution in [-0.4, -0.2) is 108 Å². The molecule has 14 heteroatoms. The van der Waals surface area contributed by atoms with E-state index in [1.165, 1.54) is 115 Å². The molecular formula is C47H88NO12P. The fraction of sp³-hybridized carbons (Fsp3) is 0.851. The van der Waals surface area contributed by atoms with E-state index in [4.69, 9.17) is 9.05 Å². The van der Waals surface area contributed by atoms with Gasteiger partial charge in [0.15, 0.2) is 0 Å². The van der Waals surface area contributed by atoms with Gasteiger partial charge >= 0.3 is 7.82 Å². The summed E-state index contributed by atoms with van der Waals surface area (Å²) >= 11 is 0. The number of hydrogen-bond donors (Lipinski definition) is 9. The van der Waals surface area contributed by atoms with Crippen LogP contribution >= 0.6 is 7.82 Å². The van der Waals surface area contributed by atoms with Gasteiger partial charge in [0, 0.05) is 0 Å². The predicted molar refractivity (Wildman–Crippen MR) is 243 cm³/mol. The average Bonchev–Trinajstić information content (AvgIpc) is 3.23. The molecule has 358 valence electrons. The van der Waals surface area contributed by atoms with Crippen LogP contribution in [0.1, 0.15) is 194 Å². The summed E-state index contributed by atoms with van der Waals surface area (Å²) in [6.07, 6.45) is 28.0. The number of phosphoric acid groups is 1. The van der Waals surface area contributed by atoms with Crippen LogP contribution in [0.15, 0.2) is 36.5 Å². The number of carbonyl (C=O) groups is 1. The van der Waals surface area contributed by atoms with Crippen molar-refractivity contribution in [1.29, 1.82) is 0 Å². The van der Waals surface area contributed by atoms with Crippen molar-refractivity contribution in [2.24, 2.45) is 0 Å². The lowest BCUT2D eigenvalue weighted by molar-refractivity contribution is -0.220. The standard InChI is InChI=1S/C47H88NO12P/c1-3-5-7-9-11-13-15-17-19-20-21-23-25-27-29-31-33-35-40(50)39(37-59-61(57,58)60-47-45(55)43(53)42(52)44(54)46(47)56)48-41(51)36-38(49)34-32-30-28-26-24-22-18-16-14-12-10-8-6-4-2/h19-20,25,27,33,35,38-40,42-47,49-50,52-56H,3-18,21-24,26,28-32,34,36-37H2,1-2H3,(H,48,51)(H,57,58)/b20-19+,27-25+,35-33+. The van der Waals surface area contributed by atoms with E-state index >= 15 is 0 Å². The Labute approximate surface area is 368 Å². The Kier molecular flexibility index (Phi) is 34.7. The monoisotopic (exact) mass is 890 g/mol. The molecule has 1 fully saturated rings. The summed E-state index contributed by atoms with van der Waals surface area (Å²) in [4.78, 5) is 23.4. The number of amides is 1. The first kappa shape index (κ1) is 57.5. The zero-order valence-corrected chi connectivity index (χ0v) is 38.7. The number of carbonyl (C=O) groups excluding carboxylic acids is 1. The quantitative estimate of drug-likeness (QED) is 0.0162. The highest BCUT2D eigenvalue weighted by Crippen LogP contribution is 2.47. The molecule has 1 rings (SSSR count). The van der Waals surface area contributed by atoms with Crippen molar-refractivity contribution in [3.8, 4) is 0 Å². The lowest BCUT2D eigenvalue weighted by Gasteiger charge is -2.41. The molecule has 1 aliphatic rings. The smallest absolute Gasteiger partial charge is 0.393 e. The Morgan fingerprint density at radius 2 is 0.967 bits per heavy atom. The molecule has 0 aromatic carbocycles. The van der Waals surface area contributed by atoms with Crippen molar-refractivity contribution in [2.45, 2.75) is 249 Å². The molecule has 0 aromatic rings. The van der Waals surface area contributed by atoms with Gasteiger partial charge in [-0.15, -0.1) is 0 Å². The van der Waals surface area contributed by atoms with Gasteiger partial charge in [-0.2, -0.15) is 0 Å². The molecule has 61 heavy (non-hydrogen) atoms. The molecule has 0 aromatic heterocycles. The summed E-state index contributed by atoms with van der Waals surface area (Å²) in [6.45, 7) is 3.72. The molecule has 0 bridgehead atoms. The molecule has 0 radical (unpaired) electrons. The van der Waals surface area contributed by atoms with Crippen molar-refractivity contribution < 1.29 is 59.0 Å². The molecule has 0 aliphatic heterocycles. The molecule has 1 amide bonds. The predicted octanol–water partition coefficient (Wildman–Crippen LogP) is 8.14. The first-order valence-corrected chi connectivity index (χ1v) is 25.5. The van der Waals surface area contributed by atoms with Crippen LogP contribution < -0.4 is 5.32 Å². The fourth-order valence-electron chi connectivity index (χ4n) is 7.51. The maximum atomic E-state index is 13.0. The van der Waals surface area contributed by atoms with Crippen LogP contribution in [0.2, 0.25) is 0 Å². The van der Waals surface area contributed by atoms with Gasteiger partial charge in [-0.3, -0.25) is 13.8 Å². The minimum Gasteiger partial charge on any atom is -0.393 e. The number of phosphoric ester groups is 1. The Morgan fingerprint density at radius 3 is 1.44 bits per heavy atom. The highest BCUT2D eigenvalue weighted by atomic mass is 31.2. The summed E-state index contributed by atoms with van der Waals surface area (Å²) in [5, 5.41) is 74.5. The molecule has 13 nitrogen and oxygen atoms in total. The van der Waals surface area contributed by atoms with Gasteiger partial charge in [0.05, 0.1) is 31.3 Å². The van der Waals surface area contributed by atoms with Crippen LogP contribution in [-0.2, 0) is 18.4 Å². The minimum absolute atomic E-state index is 0.254. The maximum absolute atomic E-state index is 13.0. The van der Waals surface area contributed by atoms with Crippen molar-refractivity contribution in [3.63, 3.8) is 0 Å². The molecule has 8 atom stereocenters. The molecule has 0 saturated heterocycles. The van der Waals surface area contributed by atoms with Crippen LogP contribution in [0.25, 0.3) is 0 Å². The maximum Gasteiger partial charge on any atom is 0.472 e. The zero-order chi connectivity index (χ0) is 45.1. The summed E-state index contributed by atoms with van der Waals surface area (Å²) in [6, 6.07) is -1.26. The molecule has 8 unspecified atom stereocenters. The first-order chi connectivity index (χ1) is 29.3. The van der Waals surface area contributed by atoms with Gasteiger partial charge in [-0.25, -0.2) is 4.57 Å². The van der Waals surface area contributed by atoms with Crippen LogP contribution in [0.4, 0.5) is 0 Å². The molecule has 0 spiro atoms. The zero-order valence-electron chi connectivity index (χ0n) is 37.8. The minimum atomic E-state index is -5.15. The Balaban J connectivity index is 2.58. The highest BCUT2D eigenvalue weighted by Gasteiger charge is 2.51. The lowest BCUT2D eigenvalue weighted by Crippen LogP contribution is -2.64. The van der Waals surface area contributed by atoms with E-state index in [1.807, 2.05) is 0 Å². The summed E-state index contributed by atoms with van der Waals surface area (Å²) in [5.41, 5.74) is 0. The van der Waals surface area contributed by atoms with Gasteiger partial charge in [-0.05, 0) is 44.9 Å². The lowest BCUT2D eigenvalue weighted by atomic mass is 9.85. The van der Waals surface area contributed by atoms with Gasteiger partial charge in [0.1, 0.15) is 36.6 Å². The summed E-state index contributed by atoms with van der Waals surface area (Å²) < 4.78 is 22.9. The van der Waals surface area contributed by atoms with Gasteiger partial charge in [0.2, 0.25) is 5.91 Å². The van der Waals surface area contributed by atoms with E-state index < -0.39 is 75.2 Å². The Bertz CT molecular complexity index is 1190. The molecule has 1 saturated carbocycles. The van der Waals surface area contributed by atoms with E-state index in [0.29, 0.717) is 19.3 Å². The second-order valence-corrected chi connectivity index (χ2v) is 18.5. The molecule has 1 aliphatic carbocycles. The number of aliphatic hydroxyl groups is 7. The largest absolute Gasteiger partial charge is 0.472 e. The molecular weight excluding hydrogens is 801 g/mol. The number of hydrogen-bond acceptors (Lipinski definition) is 11. The van der Waals surface area contributed by atoms with E-state index in [0.717, 1.165) is 44.9 Å². The van der Waals surface area contributed by atoms with Gasteiger partial charge in [0.25, 0.3) is 0 Å². The molecule has 9 N–H and O–H groups in total. The number of aliphatic hydroxyl groups excluding tert-OH is 7. The van der Waals surface area contributed by atoms with Crippen LogP contribution in [0.3, 0.4) is 0 Å². The number of unbranched alkanes of at least 4 members (excludes halogenated alkanes) is 22. The second kappa shape index (κ2) is 36.8. The molecule has 0 heterocycles. The average molecular weight is 890 g/mol. The van der Waals surface area contributed by atoms with E-state index in [2.05, 4.69) is 43.5 Å². The van der Waals surface area contributed by atoms with Gasteiger partial charge < -0.3 is 46.0 Å². The van der Waals surface area contributed by atoms with Crippen molar-refractivity contribution in [2.75, 3.05) is 6.61 Å².